The summed E-state index contributed by atoms with van der Waals surface area (Å²) in [4.78, 5) is 74.7. The molecule has 0 aliphatic heterocycles. The second kappa shape index (κ2) is 21.5. The van der Waals surface area contributed by atoms with Crippen molar-refractivity contribution in [3.05, 3.63) is 101 Å². The predicted octanol–water partition coefficient (Wildman–Crippen LogP) is 5.98. The summed E-state index contributed by atoms with van der Waals surface area (Å²) >= 11 is 0. The fourth-order valence-corrected chi connectivity index (χ4v) is 6.79. The van der Waals surface area contributed by atoms with Crippen LogP contribution < -0.4 is 0 Å². The summed E-state index contributed by atoms with van der Waals surface area (Å²) in [6.07, 6.45) is -0.0562. The van der Waals surface area contributed by atoms with Gasteiger partial charge in [-0.05, 0) is 75.5 Å². The lowest BCUT2D eigenvalue weighted by Crippen LogP contribution is -2.55. The van der Waals surface area contributed by atoms with Crippen LogP contribution in [0.2, 0.25) is 0 Å². The van der Waals surface area contributed by atoms with E-state index in [1.54, 1.807) is 31.1 Å². The van der Waals surface area contributed by atoms with E-state index in [1.165, 1.54) is 43.1 Å². The second-order valence-corrected chi connectivity index (χ2v) is 15.9. The monoisotopic (exact) mass is 785 g/mol. The quantitative estimate of drug-likeness (QED) is 0.137. The van der Waals surface area contributed by atoms with Gasteiger partial charge < -0.3 is 24.4 Å². The normalized spacial score (nSPS) is 14.5. The van der Waals surface area contributed by atoms with Crippen molar-refractivity contribution in [2.75, 3.05) is 35.3 Å². The van der Waals surface area contributed by atoms with Gasteiger partial charge in [-0.2, -0.15) is 0 Å². The number of phenols is 1. The third-order valence-electron chi connectivity index (χ3n) is 11.0. The van der Waals surface area contributed by atoms with Crippen molar-refractivity contribution in [1.82, 2.24) is 14.7 Å². The number of esters is 2. The molecule has 1 N–H and O–H groups in total. The molecule has 0 bridgehead atoms. The van der Waals surface area contributed by atoms with Gasteiger partial charge >= 0.3 is 11.9 Å². The number of aryl methyl sites for hydroxylation is 2. The topological polar surface area (TPSA) is 134 Å². The third-order valence-corrected chi connectivity index (χ3v) is 11.0. The number of hydrogen-bond acceptors (Lipinski definition) is 9. The van der Waals surface area contributed by atoms with Crippen LogP contribution in [0.3, 0.4) is 0 Å². The molecule has 3 rings (SSSR count). The highest BCUT2D eigenvalue weighted by Crippen LogP contribution is 2.26. The Morgan fingerprint density at radius 1 is 0.632 bits per heavy atom. The summed E-state index contributed by atoms with van der Waals surface area (Å²) in [5.74, 6) is -3.85. The molecule has 3 aromatic carbocycles. The SMILES string of the molecule is CC[C@@H](C)[C@H](OC(=O)[C@@H](Cc1ccc(C)cc1)N(C)C)C(=O)C[C@@H](C(=O)N(C)[C@H](Cc1ccc(O)cc1)C(=O)N(C)[C@H](Cc1ccc(C)cc1)C(=O)OC)C(C)C. The van der Waals surface area contributed by atoms with E-state index in [9.17, 15) is 29.1 Å². The minimum absolute atomic E-state index is 0.0500. The first-order valence-electron chi connectivity index (χ1n) is 19.8. The molecule has 0 aliphatic carbocycles. The van der Waals surface area contributed by atoms with Crippen molar-refractivity contribution in [2.24, 2.45) is 17.8 Å². The number of carbonyl (C=O) groups excluding carboxylic acids is 5. The fraction of sp³-hybridized carbons (Fsp3) is 0.500. The van der Waals surface area contributed by atoms with Gasteiger partial charge in [0.1, 0.15) is 23.9 Å². The average molecular weight is 786 g/mol. The number of amides is 2. The molecule has 0 saturated carbocycles. The van der Waals surface area contributed by atoms with E-state index in [0.29, 0.717) is 18.4 Å². The van der Waals surface area contributed by atoms with E-state index in [2.05, 4.69) is 0 Å². The summed E-state index contributed by atoms with van der Waals surface area (Å²) < 4.78 is 11.2. The van der Waals surface area contributed by atoms with Crippen LogP contribution in [0.1, 0.15) is 68.4 Å². The molecule has 0 heterocycles. The van der Waals surface area contributed by atoms with Crippen LogP contribution in [-0.4, -0.2) is 109 Å². The molecule has 0 unspecified atom stereocenters. The molecule has 0 radical (unpaired) electrons. The lowest BCUT2D eigenvalue weighted by molar-refractivity contribution is -0.163. The van der Waals surface area contributed by atoms with Gasteiger partial charge in [0.25, 0.3) is 0 Å². The highest BCUT2D eigenvalue weighted by Gasteiger charge is 2.40. The van der Waals surface area contributed by atoms with E-state index in [4.69, 9.17) is 9.47 Å². The van der Waals surface area contributed by atoms with E-state index in [1.807, 2.05) is 90.1 Å². The van der Waals surface area contributed by atoms with Gasteiger partial charge in [-0.25, -0.2) is 4.79 Å². The summed E-state index contributed by atoms with van der Waals surface area (Å²) in [6, 6.07) is 19.2. The molecule has 3 aromatic rings. The smallest absolute Gasteiger partial charge is 0.328 e. The number of nitrogens with zero attached hydrogens (tertiary/aromatic N) is 3. The van der Waals surface area contributed by atoms with Gasteiger partial charge in [0, 0.05) is 45.2 Å². The summed E-state index contributed by atoms with van der Waals surface area (Å²) in [6.45, 7) is 11.4. The van der Waals surface area contributed by atoms with Crippen molar-refractivity contribution in [3.8, 4) is 5.75 Å². The summed E-state index contributed by atoms with van der Waals surface area (Å²) in [5, 5.41) is 9.95. The largest absolute Gasteiger partial charge is 0.508 e. The van der Waals surface area contributed by atoms with Crippen molar-refractivity contribution >= 4 is 29.5 Å². The van der Waals surface area contributed by atoms with Crippen LogP contribution in [0.15, 0.2) is 72.8 Å². The van der Waals surface area contributed by atoms with Gasteiger partial charge in [-0.3, -0.25) is 24.1 Å². The molecule has 0 aromatic heterocycles. The van der Waals surface area contributed by atoms with Gasteiger partial charge in [-0.15, -0.1) is 0 Å². The molecule has 310 valence electrons. The molecule has 57 heavy (non-hydrogen) atoms. The molecule has 6 atom stereocenters. The Kier molecular flexibility index (Phi) is 17.5. The lowest BCUT2D eigenvalue weighted by Gasteiger charge is -2.36. The van der Waals surface area contributed by atoms with Crippen LogP contribution >= 0.6 is 0 Å². The lowest BCUT2D eigenvalue weighted by atomic mass is 9.85. The Bertz CT molecular complexity index is 1790. The third kappa shape index (κ3) is 13.0. The Labute approximate surface area is 339 Å². The number of phenolic OH excluding ortho intramolecular Hbond substituents is 1. The van der Waals surface area contributed by atoms with E-state index in [-0.39, 0.29) is 42.6 Å². The predicted molar refractivity (Wildman–Crippen MR) is 221 cm³/mol. The molecule has 0 fully saturated rings. The minimum Gasteiger partial charge on any atom is -0.508 e. The van der Waals surface area contributed by atoms with E-state index in [0.717, 1.165) is 22.3 Å². The number of likely N-dealkylation sites (N-methyl/N-ethyl adjacent to an activating group) is 3. The number of ketones is 1. The molecular weight excluding hydrogens is 723 g/mol. The Hall–Kier alpha value is -5.03. The number of carbonyl (C=O) groups is 5. The molecule has 0 saturated heterocycles. The van der Waals surface area contributed by atoms with Gasteiger partial charge in [-0.1, -0.05) is 99.5 Å². The zero-order valence-corrected chi connectivity index (χ0v) is 35.7. The second-order valence-electron chi connectivity index (χ2n) is 15.9. The first-order chi connectivity index (χ1) is 26.9. The maximum Gasteiger partial charge on any atom is 0.328 e. The van der Waals surface area contributed by atoms with Crippen LogP contribution in [0.5, 0.6) is 5.75 Å². The molecule has 11 nitrogen and oxygen atoms in total. The highest BCUT2D eigenvalue weighted by atomic mass is 16.5. The first kappa shape index (κ1) is 46.4. The van der Waals surface area contributed by atoms with Gasteiger partial charge in [0.2, 0.25) is 11.8 Å². The molecule has 0 aliphatic rings. The number of benzene rings is 3. The molecule has 11 heteroatoms. The van der Waals surface area contributed by atoms with E-state index < -0.39 is 53.9 Å². The standard InChI is InChI=1S/C46H63N3O8/c1-12-32(6)42(57-46(55)39(47(7)8)26-33-17-13-30(4)14-18-33)41(51)28-37(29(2)3)43(52)48(9)38(25-35-21-23-36(50)24-22-35)44(53)49(10)40(45(54)56-11)27-34-19-15-31(5)16-20-34/h13-24,29,32,37-40,42,50H,12,25-28H2,1-11H3/t32-,37-,38-,39-,40-,42+/m1/s1. The summed E-state index contributed by atoms with van der Waals surface area (Å²) in [5.41, 5.74) is 4.63. The van der Waals surface area contributed by atoms with Crippen molar-refractivity contribution < 1.29 is 38.6 Å². The Balaban J connectivity index is 1.93. The minimum atomic E-state index is -1.08. The fourth-order valence-electron chi connectivity index (χ4n) is 6.79. The number of aromatic hydroxyl groups is 1. The average Bonchev–Trinajstić information content (AvgIpc) is 3.19. The van der Waals surface area contributed by atoms with Crippen LogP contribution in [-0.2, 0) is 52.7 Å². The van der Waals surface area contributed by atoms with Crippen LogP contribution in [0, 0.1) is 31.6 Å². The summed E-state index contributed by atoms with van der Waals surface area (Å²) in [7, 11) is 7.92. The Morgan fingerprint density at radius 2 is 1.07 bits per heavy atom. The van der Waals surface area contributed by atoms with Crippen LogP contribution in [0.4, 0.5) is 0 Å². The Morgan fingerprint density at radius 3 is 1.51 bits per heavy atom. The molecule has 2 amide bonds. The number of ether oxygens (including phenoxy) is 2. The molecular formula is C46H63N3O8. The van der Waals surface area contributed by atoms with Gasteiger partial charge in [0.15, 0.2) is 11.9 Å². The maximum absolute atomic E-state index is 14.6. The zero-order chi connectivity index (χ0) is 42.6. The maximum atomic E-state index is 14.6. The first-order valence-corrected chi connectivity index (χ1v) is 19.8. The van der Waals surface area contributed by atoms with Crippen molar-refractivity contribution in [3.63, 3.8) is 0 Å². The van der Waals surface area contributed by atoms with Crippen LogP contribution in [0.25, 0.3) is 0 Å². The zero-order valence-electron chi connectivity index (χ0n) is 35.7. The van der Waals surface area contributed by atoms with Gasteiger partial charge in [0.05, 0.1) is 7.11 Å². The van der Waals surface area contributed by atoms with E-state index >= 15 is 0 Å². The number of hydrogen-bond donors (Lipinski definition) is 1. The highest BCUT2D eigenvalue weighted by molar-refractivity contribution is 5.94. The molecule has 0 spiro atoms. The van der Waals surface area contributed by atoms with Crippen molar-refractivity contribution in [1.29, 1.82) is 0 Å². The number of Topliss-reactive ketones (excluding diaryl/α,β-unsaturated/α-hetero) is 1. The number of rotatable bonds is 20. The van der Waals surface area contributed by atoms with Crippen molar-refractivity contribution in [2.45, 2.75) is 97.9 Å². The number of methoxy groups -OCH3 is 1.